The largest absolute Gasteiger partial charge is 0.302 e. The normalized spacial score (nSPS) is 12.8. The molecule has 0 radical (unpaired) electrons. The lowest BCUT2D eigenvalue weighted by Crippen LogP contribution is -1.96. The average molecular weight is 319 g/mol. The Morgan fingerprint density at radius 3 is 2.57 bits per heavy atom. The molecule has 0 N–H and O–H groups in total. The quantitative estimate of drug-likeness (QED) is 0.564. The van der Waals surface area contributed by atoms with Crippen LogP contribution in [0.1, 0.15) is 29.1 Å². The van der Waals surface area contributed by atoms with Crippen LogP contribution in [0.3, 0.4) is 0 Å². The molecule has 1 aromatic carbocycles. The van der Waals surface area contributed by atoms with Crippen LogP contribution in [0, 0.1) is 13.8 Å². The molecule has 0 saturated heterocycles. The van der Waals surface area contributed by atoms with Crippen molar-refractivity contribution >= 4 is 28.8 Å². The van der Waals surface area contributed by atoms with Gasteiger partial charge in [0.15, 0.2) is 0 Å². The van der Waals surface area contributed by atoms with Gasteiger partial charge < -0.3 is 4.40 Å². The number of hydrogen-bond donors (Lipinski definition) is 0. The van der Waals surface area contributed by atoms with Crippen LogP contribution in [0.15, 0.2) is 36.5 Å². The maximum absolute atomic E-state index is 6.42. The van der Waals surface area contributed by atoms with Gasteiger partial charge in [-0.1, -0.05) is 23.7 Å². The van der Waals surface area contributed by atoms with E-state index in [2.05, 4.69) is 29.7 Å². The molecule has 2 nitrogen and oxygen atoms in total. The number of alkyl halides is 1. The zero-order chi connectivity index (χ0) is 15.1. The predicted molar refractivity (Wildman–Crippen MR) is 89.4 cm³/mol. The fraction of sp³-hybridized carbons (Fsp3) is 0.235. The molecule has 0 bridgehead atoms. The lowest BCUT2D eigenvalue weighted by Gasteiger charge is -2.08. The van der Waals surface area contributed by atoms with Gasteiger partial charge in [0.05, 0.1) is 16.8 Å². The molecule has 0 amide bonds. The molecule has 0 fully saturated rings. The first-order valence-electron chi connectivity index (χ1n) is 6.86. The zero-order valence-corrected chi connectivity index (χ0v) is 13.7. The zero-order valence-electron chi connectivity index (χ0n) is 12.2. The van der Waals surface area contributed by atoms with Crippen LogP contribution in [0.2, 0.25) is 5.02 Å². The van der Waals surface area contributed by atoms with Gasteiger partial charge in [0.25, 0.3) is 0 Å². The number of nitrogens with zero attached hydrogens (tertiary/aromatic N) is 2. The number of fused-ring (bicyclic) bond motifs is 1. The van der Waals surface area contributed by atoms with Gasteiger partial charge in [0, 0.05) is 16.8 Å². The first-order valence-corrected chi connectivity index (χ1v) is 7.68. The first-order chi connectivity index (χ1) is 9.97. The smallest absolute Gasteiger partial charge is 0.137 e. The summed E-state index contributed by atoms with van der Waals surface area (Å²) >= 11 is 12.5. The van der Waals surface area contributed by atoms with Crippen molar-refractivity contribution in [2.45, 2.75) is 26.1 Å². The van der Waals surface area contributed by atoms with Crippen molar-refractivity contribution in [2.75, 3.05) is 0 Å². The highest BCUT2D eigenvalue weighted by molar-refractivity contribution is 6.31. The molecular formula is C17H16Cl2N2. The molecule has 1 atom stereocenters. The number of rotatable bonds is 2. The van der Waals surface area contributed by atoms with E-state index in [1.807, 2.05) is 32.0 Å². The minimum atomic E-state index is -0.132. The Balaban J connectivity index is 2.30. The maximum Gasteiger partial charge on any atom is 0.137 e. The molecule has 3 rings (SSSR count). The lowest BCUT2D eigenvalue weighted by molar-refractivity contribution is 0.960. The Morgan fingerprint density at radius 1 is 1.14 bits per heavy atom. The third-order valence-electron chi connectivity index (χ3n) is 3.61. The fourth-order valence-electron chi connectivity index (χ4n) is 2.55. The molecule has 3 aromatic rings. The summed E-state index contributed by atoms with van der Waals surface area (Å²) in [6.07, 6.45) is 2.07. The van der Waals surface area contributed by atoms with Gasteiger partial charge in [0.2, 0.25) is 0 Å². The van der Waals surface area contributed by atoms with Crippen molar-refractivity contribution in [3.63, 3.8) is 0 Å². The Morgan fingerprint density at radius 2 is 1.90 bits per heavy atom. The van der Waals surface area contributed by atoms with E-state index in [1.54, 1.807) is 0 Å². The summed E-state index contributed by atoms with van der Waals surface area (Å²) in [5, 5.41) is 0.631. The molecule has 108 valence electrons. The maximum atomic E-state index is 6.42. The van der Waals surface area contributed by atoms with Crippen molar-refractivity contribution in [3.05, 3.63) is 58.4 Å². The molecule has 0 saturated carbocycles. The highest BCUT2D eigenvalue weighted by Gasteiger charge is 2.18. The summed E-state index contributed by atoms with van der Waals surface area (Å²) in [7, 11) is 0. The van der Waals surface area contributed by atoms with E-state index >= 15 is 0 Å². The Kier molecular flexibility index (Phi) is 3.68. The van der Waals surface area contributed by atoms with Crippen molar-refractivity contribution in [1.82, 2.24) is 9.38 Å². The lowest BCUT2D eigenvalue weighted by atomic mass is 10.1. The summed E-state index contributed by atoms with van der Waals surface area (Å²) in [6.45, 7) is 6.03. The summed E-state index contributed by atoms with van der Waals surface area (Å²) in [5.41, 5.74) is 6.10. The van der Waals surface area contributed by atoms with E-state index in [9.17, 15) is 0 Å². The molecule has 0 spiro atoms. The number of hydrogen-bond acceptors (Lipinski definition) is 1. The molecule has 21 heavy (non-hydrogen) atoms. The van der Waals surface area contributed by atoms with E-state index in [1.165, 1.54) is 5.56 Å². The summed E-state index contributed by atoms with van der Waals surface area (Å²) in [6, 6.07) is 10.0. The second kappa shape index (κ2) is 5.36. The Labute approximate surface area is 134 Å². The highest BCUT2D eigenvalue weighted by Crippen LogP contribution is 2.33. The van der Waals surface area contributed by atoms with Crippen LogP contribution in [-0.2, 0) is 0 Å². The number of imidazole rings is 1. The minimum absolute atomic E-state index is 0.132. The SMILES string of the molecule is Cc1ccc2nc(-c3ccc(Cl)c(C)c3)c(C(C)Cl)n2c1. The standard InChI is InChI=1S/C17H16Cl2N2/c1-10-4-7-15-20-16(17(12(3)18)21(15)9-10)13-5-6-14(19)11(2)8-13/h4-9,12H,1-3H3. The van der Waals surface area contributed by atoms with E-state index in [4.69, 9.17) is 28.2 Å². The molecule has 0 aliphatic rings. The highest BCUT2D eigenvalue weighted by atomic mass is 35.5. The summed E-state index contributed by atoms with van der Waals surface area (Å²) in [5.74, 6) is 0. The minimum Gasteiger partial charge on any atom is -0.302 e. The number of benzene rings is 1. The third kappa shape index (κ3) is 2.54. The van der Waals surface area contributed by atoms with E-state index in [0.29, 0.717) is 0 Å². The first kappa shape index (κ1) is 14.4. The predicted octanol–water partition coefficient (Wildman–Crippen LogP) is 5.57. The van der Waals surface area contributed by atoms with Gasteiger partial charge in [-0.05, 0) is 50.1 Å². The molecular weight excluding hydrogens is 303 g/mol. The van der Waals surface area contributed by atoms with Gasteiger partial charge in [-0.2, -0.15) is 0 Å². The van der Waals surface area contributed by atoms with Gasteiger partial charge in [-0.25, -0.2) is 4.98 Å². The Hall–Kier alpha value is -1.51. The van der Waals surface area contributed by atoms with Crippen LogP contribution < -0.4 is 0 Å². The van der Waals surface area contributed by atoms with E-state index in [0.717, 1.165) is 33.2 Å². The average Bonchev–Trinajstić information content (AvgIpc) is 2.80. The Bertz CT molecular complexity index is 819. The number of halogens is 2. The molecule has 0 aliphatic heterocycles. The third-order valence-corrected chi connectivity index (χ3v) is 4.24. The van der Waals surface area contributed by atoms with Crippen LogP contribution in [0.5, 0.6) is 0 Å². The van der Waals surface area contributed by atoms with Crippen molar-refractivity contribution in [1.29, 1.82) is 0 Å². The number of aromatic nitrogens is 2. The molecule has 1 unspecified atom stereocenters. The van der Waals surface area contributed by atoms with E-state index in [-0.39, 0.29) is 5.38 Å². The van der Waals surface area contributed by atoms with Gasteiger partial charge in [0.1, 0.15) is 5.65 Å². The second-order valence-electron chi connectivity index (χ2n) is 5.36. The fourth-order valence-corrected chi connectivity index (χ4v) is 2.88. The molecule has 2 heterocycles. The van der Waals surface area contributed by atoms with Gasteiger partial charge in [-0.3, -0.25) is 0 Å². The van der Waals surface area contributed by atoms with Crippen molar-refractivity contribution in [2.24, 2.45) is 0 Å². The van der Waals surface area contributed by atoms with Crippen LogP contribution in [0.25, 0.3) is 16.9 Å². The van der Waals surface area contributed by atoms with Gasteiger partial charge in [-0.15, -0.1) is 11.6 Å². The van der Waals surface area contributed by atoms with Crippen molar-refractivity contribution < 1.29 is 0 Å². The van der Waals surface area contributed by atoms with E-state index < -0.39 is 0 Å². The molecule has 4 heteroatoms. The van der Waals surface area contributed by atoms with Crippen LogP contribution >= 0.6 is 23.2 Å². The molecule has 0 aliphatic carbocycles. The van der Waals surface area contributed by atoms with Gasteiger partial charge >= 0.3 is 0 Å². The van der Waals surface area contributed by atoms with Crippen LogP contribution in [0.4, 0.5) is 0 Å². The number of pyridine rings is 1. The summed E-state index contributed by atoms with van der Waals surface area (Å²) in [4.78, 5) is 4.75. The summed E-state index contributed by atoms with van der Waals surface area (Å²) < 4.78 is 2.08. The monoisotopic (exact) mass is 318 g/mol. The van der Waals surface area contributed by atoms with Crippen LogP contribution in [-0.4, -0.2) is 9.38 Å². The topological polar surface area (TPSA) is 17.3 Å². The van der Waals surface area contributed by atoms with Crippen molar-refractivity contribution in [3.8, 4) is 11.3 Å². The second-order valence-corrected chi connectivity index (χ2v) is 6.42. The molecule has 2 aromatic heterocycles. The number of aryl methyl sites for hydroxylation is 2.